The molecule has 1 aromatic heterocycles. The zero-order valence-corrected chi connectivity index (χ0v) is 14.6. The summed E-state index contributed by atoms with van der Waals surface area (Å²) in [7, 11) is 0. The topological polar surface area (TPSA) is 24.9 Å². The summed E-state index contributed by atoms with van der Waals surface area (Å²) in [6, 6.07) is 8.55. The molecule has 2 aromatic rings. The maximum absolute atomic E-state index is 4.70. The quantitative estimate of drug-likeness (QED) is 0.816. The van der Waals surface area contributed by atoms with Crippen molar-refractivity contribution in [2.24, 2.45) is 0 Å². The SMILES string of the molecule is CCCNC(C)(Cc1ccc(Br)cc1)c1nc(C)cs1. The fourth-order valence-electron chi connectivity index (χ4n) is 2.23. The van der Waals surface area contributed by atoms with Crippen LogP contribution >= 0.6 is 27.3 Å². The van der Waals surface area contributed by atoms with E-state index in [0.717, 1.165) is 29.6 Å². The van der Waals surface area contributed by atoms with Gasteiger partial charge in [0.15, 0.2) is 0 Å². The molecule has 4 heteroatoms. The highest BCUT2D eigenvalue weighted by Gasteiger charge is 2.29. The number of hydrogen-bond acceptors (Lipinski definition) is 3. The number of benzene rings is 1. The van der Waals surface area contributed by atoms with Gasteiger partial charge in [-0.3, -0.25) is 0 Å². The van der Waals surface area contributed by atoms with Crippen LogP contribution in [0.5, 0.6) is 0 Å². The second-order valence-corrected chi connectivity index (χ2v) is 7.13. The molecule has 0 aliphatic heterocycles. The third-order valence-electron chi connectivity index (χ3n) is 3.33. The molecule has 0 saturated heterocycles. The molecular formula is C16H21BrN2S. The van der Waals surface area contributed by atoms with Gasteiger partial charge in [-0.2, -0.15) is 0 Å². The first-order chi connectivity index (χ1) is 9.53. The van der Waals surface area contributed by atoms with E-state index in [1.54, 1.807) is 11.3 Å². The van der Waals surface area contributed by atoms with Gasteiger partial charge in [0.1, 0.15) is 5.01 Å². The summed E-state index contributed by atoms with van der Waals surface area (Å²) >= 11 is 5.24. The first kappa shape index (κ1) is 15.7. The van der Waals surface area contributed by atoms with Crippen LogP contribution in [0.25, 0.3) is 0 Å². The van der Waals surface area contributed by atoms with Gasteiger partial charge in [0.2, 0.25) is 0 Å². The van der Waals surface area contributed by atoms with E-state index in [-0.39, 0.29) is 5.54 Å². The molecular weight excluding hydrogens is 332 g/mol. The van der Waals surface area contributed by atoms with E-state index in [2.05, 4.69) is 71.7 Å². The third-order valence-corrected chi connectivity index (χ3v) is 5.08. The van der Waals surface area contributed by atoms with Crippen LogP contribution < -0.4 is 5.32 Å². The molecule has 0 spiro atoms. The molecule has 20 heavy (non-hydrogen) atoms. The lowest BCUT2D eigenvalue weighted by molar-refractivity contribution is 0.362. The molecule has 2 rings (SSSR count). The summed E-state index contributed by atoms with van der Waals surface area (Å²) < 4.78 is 1.12. The molecule has 0 radical (unpaired) electrons. The average molecular weight is 353 g/mol. The summed E-state index contributed by atoms with van der Waals surface area (Å²) in [5.41, 5.74) is 2.33. The Balaban J connectivity index is 2.24. The Kier molecular flexibility index (Phi) is 5.35. The molecule has 2 nitrogen and oxygen atoms in total. The van der Waals surface area contributed by atoms with Crippen LogP contribution in [0.2, 0.25) is 0 Å². The molecule has 1 heterocycles. The highest BCUT2D eigenvalue weighted by molar-refractivity contribution is 9.10. The fourth-order valence-corrected chi connectivity index (χ4v) is 3.43. The molecule has 1 unspecified atom stereocenters. The Labute approximate surface area is 133 Å². The summed E-state index contributed by atoms with van der Waals surface area (Å²) in [5.74, 6) is 0. The molecule has 0 aliphatic rings. The molecule has 1 atom stereocenters. The zero-order valence-electron chi connectivity index (χ0n) is 12.2. The van der Waals surface area contributed by atoms with E-state index in [0.29, 0.717) is 0 Å². The van der Waals surface area contributed by atoms with E-state index >= 15 is 0 Å². The van der Waals surface area contributed by atoms with Crippen molar-refractivity contribution in [2.75, 3.05) is 6.54 Å². The lowest BCUT2D eigenvalue weighted by atomic mass is 9.93. The molecule has 0 amide bonds. The molecule has 0 bridgehead atoms. The number of nitrogens with zero attached hydrogens (tertiary/aromatic N) is 1. The third kappa shape index (κ3) is 3.90. The normalized spacial score (nSPS) is 14.2. The van der Waals surface area contributed by atoms with Gasteiger partial charge < -0.3 is 5.32 Å². The van der Waals surface area contributed by atoms with Crippen LogP contribution in [0, 0.1) is 6.92 Å². The first-order valence-corrected chi connectivity index (χ1v) is 8.63. The number of hydrogen-bond donors (Lipinski definition) is 1. The minimum absolute atomic E-state index is 0.0945. The van der Waals surface area contributed by atoms with Crippen molar-refractivity contribution in [3.8, 4) is 0 Å². The Morgan fingerprint density at radius 1 is 1.30 bits per heavy atom. The summed E-state index contributed by atoms with van der Waals surface area (Å²) in [6.45, 7) is 7.51. The maximum Gasteiger partial charge on any atom is 0.113 e. The Hall–Kier alpha value is -0.710. The number of thiazole rings is 1. The molecule has 1 aromatic carbocycles. The van der Waals surface area contributed by atoms with Crippen molar-refractivity contribution in [1.29, 1.82) is 0 Å². The Morgan fingerprint density at radius 3 is 2.55 bits per heavy atom. The zero-order chi connectivity index (χ0) is 14.6. The van der Waals surface area contributed by atoms with Gasteiger partial charge in [0, 0.05) is 15.5 Å². The van der Waals surface area contributed by atoms with Gasteiger partial charge >= 0.3 is 0 Å². The van der Waals surface area contributed by atoms with Crippen molar-refractivity contribution in [3.63, 3.8) is 0 Å². The summed E-state index contributed by atoms with van der Waals surface area (Å²) in [5, 5.41) is 6.98. The van der Waals surface area contributed by atoms with Gasteiger partial charge in [-0.25, -0.2) is 4.98 Å². The van der Waals surface area contributed by atoms with Crippen molar-refractivity contribution in [2.45, 2.75) is 39.2 Å². The van der Waals surface area contributed by atoms with E-state index in [1.807, 2.05) is 0 Å². The number of rotatable bonds is 6. The van der Waals surface area contributed by atoms with E-state index < -0.39 is 0 Å². The largest absolute Gasteiger partial charge is 0.305 e. The number of halogens is 1. The van der Waals surface area contributed by atoms with Crippen molar-refractivity contribution >= 4 is 27.3 Å². The smallest absolute Gasteiger partial charge is 0.113 e. The second kappa shape index (κ2) is 6.83. The fraction of sp³-hybridized carbons (Fsp3) is 0.438. The maximum atomic E-state index is 4.70. The predicted molar refractivity (Wildman–Crippen MR) is 90.3 cm³/mol. The monoisotopic (exact) mass is 352 g/mol. The van der Waals surface area contributed by atoms with Crippen molar-refractivity contribution < 1.29 is 0 Å². The van der Waals surface area contributed by atoms with Gasteiger partial charge in [0.25, 0.3) is 0 Å². The van der Waals surface area contributed by atoms with Gasteiger partial charge in [0.05, 0.1) is 5.54 Å². The predicted octanol–water partition coefficient (Wildman–Crippen LogP) is 4.67. The minimum Gasteiger partial charge on any atom is -0.305 e. The Morgan fingerprint density at radius 2 is 2.00 bits per heavy atom. The summed E-state index contributed by atoms with van der Waals surface area (Å²) in [4.78, 5) is 4.70. The highest BCUT2D eigenvalue weighted by Crippen LogP contribution is 2.28. The lowest BCUT2D eigenvalue weighted by Crippen LogP contribution is -2.42. The number of aryl methyl sites for hydroxylation is 1. The van der Waals surface area contributed by atoms with Crippen LogP contribution in [-0.2, 0) is 12.0 Å². The standard InChI is InChI=1S/C16H21BrN2S/c1-4-9-18-16(3,15-19-12(2)11-20-15)10-13-5-7-14(17)8-6-13/h5-8,11,18H,4,9-10H2,1-3H3. The molecule has 0 aliphatic carbocycles. The average Bonchev–Trinajstić information content (AvgIpc) is 2.87. The highest BCUT2D eigenvalue weighted by atomic mass is 79.9. The van der Waals surface area contributed by atoms with Crippen LogP contribution in [0.3, 0.4) is 0 Å². The first-order valence-electron chi connectivity index (χ1n) is 6.95. The second-order valence-electron chi connectivity index (χ2n) is 5.36. The van der Waals surface area contributed by atoms with Gasteiger partial charge in [-0.1, -0.05) is 35.0 Å². The van der Waals surface area contributed by atoms with Crippen LogP contribution in [0.15, 0.2) is 34.1 Å². The lowest BCUT2D eigenvalue weighted by Gasteiger charge is -2.29. The van der Waals surface area contributed by atoms with Crippen LogP contribution in [0.4, 0.5) is 0 Å². The molecule has 1 N–H and O–H groups in total. The van der Waals surface area contributed by atoms with E-state index in [9.17, 15) is 0 Å². The van der Waals surface area contributed by atoms with Crippen molar-refractivity contribution in [1.82, 2.24) is 10.3 Å². The number of nitrogens with one attached hydrogen (secondary N) is 1. The minimum atomic E-state index is -0.0945. The Bertz CT molecular complexity index is 550. The molecule has 108 valence electrons. The molecule has 0 saturated carbocycles. The van der Waals surface area contributed by atoms with Crippen molar-refractivity contribution in [3.05, 3.63) is 50.4 Å². The number of aromatic nitrogens is 1. The van der Waals surface area contributed by atoms with Crippen LogP contribution in [-0.4, -0.2) is 11.5 Å². The molecule has 0 fully saturated rings. The van der Waals surface area contributed by atoms with Gasteiger partial charge in [-0.15, -0.1) is 11.3 Å². The summed E-state index contributed by atoms with van der Waals surface area (Å²) in [6.07, 6.45) is 2.08. The van der Waals surface area contributed by atoms with E-state index in [4.69, 9.17) is 4.98 Å². The van der Waals surface area contributed by atoms with Gasteiger partial charge in [-0.05, 0) is 50.9 Å². The van der Waals surface area contributed by atoms with E-state index in [1.165, 1.54) is 10.6 Å². The van der Waals surface area contributed by atoms with Crippen LogP contribution in [0.1, 0.15) is 36.5 Å².